The van der Waals surface area contributed by atoms with Gasteiger partial charge in [-0.05, 0) is 32.4 Å². The van der Waals surface area contributed by atoms with Gasteiger partial charge in [-0.3, -0.25) is 9.59 Å². The van der Waals surface area contributed by atoms with Crippen LogP contribution in [0.4, 0.5) is 5.82 Å². The minimum absolute atomic E-state index is 0.0149. The number of hydrogen-bond acceptors (Lipinski definition) is 6. The lowest BCUT2D eigenvalue weighted by molar-refractivity contribution is -0.115. The fourth-order valence-electron chi connectivity index (χ4n) is 2.29. The third-order valence-corrected chi connectivity index (χ3v) is 3.50. The van der Waals surface area contributed by atoms with Gasteiger partial charge < -0.3 is 11.1 Å². The van der Waals surface area contributed by atoms with Gasteiger partial charge in [-0.15, -0.1) is 5.10 Å². The van der Waals surface area contributed by atoms with Crippen LogP contribution < -0.4 is 11.1 Å². The zero-order valence-corrected chi connectivity index (χ0v) is 13.5. The highest BCUT2D eigenvalue weighted by Gasteiger charge is 2.17. The molecule has 0 aliphatic carbocycles. The molecule has 0 saturated carbocycles. The van der Waals surface area contributed by atoms with Crippen molar-refractivity contribution in [2.24, 2.45) is 5.73 Å². The van der Waals surface area contributed by atoms with Gasteiger partial charge in [0.2, 0.25) is 5.91 Å². The van der Waals surface area contributed by atoms with Crippen LogP contribution in [-0.2, 0) is 17.8 Å². The Labute approximate surface area is 133 Å². The van der Waals surface area contributed by atoms with Crippen molar-refractivity contribution in [3.05, 3.63) is 23.1 Å². The zero-order chi connectivity index (χ0) is 17.0. The normalized spacial score (nSPS) is 10.8. The number of nitrogens with one attached hydrogen (secondary N) is 1. The molecule has 1 amide bonds. The highest BCUT2D eigenvalue weighted by atomic mass is 16.2. The quantitative estimate of drug-likeness (QED) is 0.789. The molecule has 0 spiro atoms. The minimum Gasteiger partial charge on any atom is -0.330 e. The van der Waals surface area contributed by atoms with Crippen LogP contribution in [0.25, 0.3) is 0 Å². The molecule has 2 aromatic heterocycles. The van der Waals surface area contributed by atoms with E-state index in [2.05, 4.69) is 20.7 Å². The van der Waals surface area contributed by atoms with Crippen LogP contribution >= 0.6 is 0 Å². The van der Waals surface area contributed by atoms with Gasteiger partial charge >= 0.3 is 0 Å². The number of nitrogens with two attached hydrogens (primary N) is 1. The van der Waals surface area contributed by atoms with E-state index in [-0.39, 0.29) is 18.4 Å². The van der Waals surface area contributed by atoms with Crippen molar-refractivity contribution in [2.75, 3.05) is 11.9 Å². The van der Waals surface area contributed by atoms with Gasteiger partial charge in [0.25, 0.3) is 5.91 Å². The topological polar surface area (TPSA) is 121 Å². The van der Waals surface area contributed by atoms with Gasteiger partial charge in [0, 0.05) is 12.1 Å². The highest BCUT2D eigenvalue weighted by Crippen LogP contribution is 2.13. The van der Waals surface area contributed by atoms with Gasteiger partial charge in [-0.25, -0.2) is 9.36 Å². The van der Waals surface area contributed by atoms with Gasteiger partial charge in [-0.1, -0.05) is 12.1 Å². The lowest BCUT2D eigenvalue weighted by atomic mass is 10.1. The molecule has 3 N–H and O–H groups in total. The number of carbonyl (C=O) groups excluding carboxylic acids is 2. The third kappa shape index (κ3) is 3.81. The maximum Gasteiger partial charge on any atom is 0.268 e. The predicted molar refractivity (Wildman–Crippen MR) is 84.0 cm³/mol. The number of rotatable bonds is 6. The second-order valence-corrected chi connectivity index (χ2v) is 5.20. The lowest BCUT2D eigenvalue weighted by Crippen LogP contribution is -2.21. The number of amides is 1. The first-order valence-corrected chi connectivity index (χ1v) is 7.44. The smallest absolute Gasteiger partial charge is 0.268 e. The molecule has 0 unspecified atom stereocenters. The van der Waals surface area contributed by atoms with Crippen LogP contribution in [0.3, 0.4) is 0 Å². The van der Waals surface area contributed by atoms with Crippen molar-refractivity contribution in [1.82, 2.24) is 24.8 Å². The summed E-state index contributed by atoms with van der Waals surface area (Å²) in [5.74, 6) is -0.0673. The van der Waals surface area contributed by atoms with Crippen molar-refractivity contribution in [1.29, 1.82) is 0 Å². The number of anilines is 1. The van der Waals surface area contributed by atoms with E-state index in [1.165, 1.54) is 15.6 Å². The van der Waals surface area contributed by atoms with Crippen LogP contribution in [0.5, 0.6) is 0 Å². The summed E-state index contributed by atoms with van der Waals surface area (Å²) < 4.78 is 2.74. The summed E-state index contributed by atoms with van der Waals surface area (Å²) in [6.07, 6.45) is 2.54. The number of aromatic nitrogens is 5. The van der Waals surface area contributed by atoms with Crippen molar-refractivity contribution in [3.63, 3.8) is 0 Å². The molecule has 9 heteroatoms. The highest BCUT2D eigenvalue weighted by molar-refractivity contribution is 5.89. The molecule has 0 atom stereocenters. The fraction of sp³-hybridized carbons (Fsp3) is 0.500. The molecule has 124 valence electrons. The van der Waals surface area contributed by atoms with Crippen LogP contribution in [0, 0.1) is 13.8 Å². The molecule has 0 fully saturated rings. The molecule has 0 aromatic carbocycles. The summed E-state index contributed by atoms with van der Waals surface area (Å²) in [6.45, 7) is 5.93. The molecular weight excluding hydrogens is 298 g/mol. The second-order valence-electron chi connectivity index (χ2n) is 5.20. The monoisotopic (exact) mass is 319 g/mol. The average molecular weight is 319 g/mol. The Morgan fingerprint density at radius 2 is 2.09 bits per heavy atom. The summed E-state index contributed by atoms with van der Waals surface area (Å²) in [4.78, 5) is 23.7. The number of aryl methyl sites for hydroxylation is 1. The summed E-state index contributed by atoms with van der Waals surface area (Å²) >= 11 is 0. The summed E-state index contributed by atoms with van der Waals surface area (Å²) in [5, 5.41) is 14.5. The maximum atomic E-state index is 12.4. The molecule has 2 rings (SSSR count). The molecule has 2 aromatic rings. The van der Waals surface area contributed by atoms with Crippen LogP contribution in [0.1, 0.15) is 35.1 Å². The second kappa shape index (κ2) is 7.14. The Balaban J connectivity index is 2.10. The summed E-state index contributed by atoms with van der Waals surface area (Å²) in [7, 11) is 0. The van der Waals surface area contributed by atoms with Gasteiger partial charge in [0.15, 0.2) is 5.82 Å². The van der Waals surface area contributed by atoms with Crippen molar-refractivity contribution >= 4 is 17.6 Å². The van der Waals surface area contributed by atoms with E-state index in [1.807, 2.05) is 13.8 Å². The van der Waals surface area contributed by atoms with E-state index in [0.717, 1.165) is 17.0 Å². The predicted octanol–water partition coefficient (Wildman–Crippen LogP) is 0.282. The molecule has 0 saturated heterocycles. The molecule has 0 aliphatic heterocycles. The van der Waals surface area contributed by atoms with E-state index >= 15 is 0 Å². The van der Waals surface area contributed by atoms with Gasteiger partial charge in [0.1, 0.15) is 6.54 Å². The van der Waals surface area contributed by atoms with Crippen LogP contribution in [-0.4, -0.2) is 43.1 Å². The molecule has 23 heavy (non-hydrogen) atoms. The lowest BCUT2D eigenvalue weighted by Gasteiger charge is -2.04. The molecule has 0 aliphatic rings. The summed E-state index contributed by atoms with van der Waals surface area (Å²) in [5.41, 5.74) is 8.17. The Morgan fingerprint density at radius 3 is 2.74 bits per heavy atom. The van der Waals surface area contributed by atoms with E-state index in [0.29, 0.717) is 25.2 Å². The number of nitrogens with zero attached hydrogens (tertiary/aromatic N) is 5. The largest absolute Gasteiger partial charge is 0.330 e. The van der Waals surface area contributed by atoms with E-state index in [4.69, 9.17) is 5.73 Å². The first kappa shape index (κ1) is 16.8. The SMILES string of the molecule is CCC(=O)Nc1cn(CC(=O)n2nc(C)c(CCN)c2C)nn1. The van der Waals surface area contributed by atoms with Crippen LogP contribution in [0.2, 0.25) is 0 Å². The van der Waals surface area contributed by atoms with Crippen LogP contribution in [0.15, 0.2) is 6.20 Å². The Kier molecular flexibility index (Phi) is 5.22. The zero-order valence-electron chi connectivity index (χ0n) is 13.5. The van der Waals surface area contributed by atoms with Crippen molar-refractivity contribution in [2.45, 2.75) is 40.2 Å². The maximum absolute atomic E-state index is 12.4. The third-order valence-electron chi connectivity index (χ3n) is 3.50. The first-order chi connectivity index (χ1) is 11.0. The van der Waals surface area contributed by atoms with Crippen molar-refractivity contribution in [3.8, 4) is 0 Å². The van der Waals surface area contributed by atoms with Gasteiger partial charge in [-0.2, -0.15) is 5.10 Å². The summed E-state index contributed by atoms with van der Waals surface area (Å²) in [6, 6.07) is 0. The fourth-order valence-corrected chi connectivity index (χ4v) is 2.29. The number of carbonyl (C=O) groups is 2. The average Bonchev–Trinajstić information content (AvgIpc) is 3.06. The molecule has 2 heterocycles. The number of hydrogen-bond donors (Lipinski definition) is 2. The van der Waals surface area contributed by atoms with Crippen molar-refractivity contribution < 1.29 is 9.59 Å². The molecule has 9 nitrogen and oxygen atoms in total. The van der Waals surface area contributed by atoms with E-state index < -0.39 is 0 Å². The Bertz CT molecular complexity index is 717. The Hall–Kier alpha value is -2.55. The molecule has 0 radical (unpaired) electrons. The molecule has 0 bridgehead atoms. The van der Waals surface area contributed by atoms with E-state index in [9.17, 15) is 9.59 Å². The molecular formula is C14H21N7O2. The minimum atomic E-state index is -0.230. The first-order valence-electron chi connectivity index (χ1n) is 7.44. The van der Waals surface area contributed by atoms with E-state index in [1.54, 1.807) is 6.92 Å². The standard InChI is InChI=1S/C14H21N7O2/c1-4-13(22)16-12-7-20(19-17-12)8-14(23)21-10(3)11(5-6-15)9(2)18-21/h7H,4-6,8,15H2,1-3H3,(H,16,22). The van der Waals surface area contributed by atoms with Gasteiger partial charge in [0.05, 0.1) is 11.9 Å². The Morgan fingerprint density at radius 1 is 1.35 bits per heavy atom.